The smallest absolute Gasteiger partial charge is 0.250 e. The number of hydrogen-bond acceptors (Lipinski definition) is 3. The van der Waals surface area contributed by atoms with E-state index in [0.29, 0.717) is 5.82 Å². The van der Waals surface area contributed by atoms with Crippen molar-refractivity contribution in [3.05, 3.63) is 28.6 Å². The molecule has 0 aromatic carbocycles. The molecule has 0 saturated heterocycles. The number of aromatic nitrogens is 4. The van der Waals surface area contributed by atoms with Gasteiger partial charge in [0.05, 0.1) is 10.2 Å². The molecule has 0 aliphatic rings. The minimum Gasteiger partial charge on any atom is -0.307 e. The van der Waals surface area contributed by atoms with Crippen molar-refractivity contribution in [2.45, 2.75) is 19.9 Å². The van der Waals surface area contributed by atoms with E-state index in [1.54, 1.807) is 41.8 Å². The molecule has 18 heavy (non-hydrogen) atoms. The molecule has 2 heterocycles. The molecular weight excluding hydrogens is 298 g/mol. The molecule has 1 amide bonds. The van der Waals surface area contributed by atoms with Crippen LogP contribution < -0.4 is 5.32 Å². The average molecular weight is 312 g/mol. The van der Waals surface area contributed by atoms with Crippen LogP contribution in [0.3, 0.4) is 0 Å². The molecule has 1 N–H and O–H groups in total. The van der Waals surface area contributed by atoms with Crippen LogP contribution in [0.2, 0.25) is 0 Å². The topological polar surface area (TPSA) is 64.7 Å². The quantitative estimate of drug-likeness (QED) is 0.941. The molecule has 0 fully saturated rings. The Morgan fingerprint density at radius 3 is 2.72 bits per heavy atom. The molecule has 0 saturated carbocycles. The van der Waals surface area contributed by atoms with Gasteiger partial charge in [-0.2, -0.15) is 10.2 Å². The number of carbonyl (C=O) groups is 1. The molecule has 0 aliphatic heterocycles. The van der Waals surface area contributed by atoms with E-state index in [9.17, 15) is 4.79 Å². The Kier molecular flexibility index (Phi) is 3.51. The Morgan fingerprint density at radius 2 is 2.22 bits per heavy atom. The van der Waals surface area contributed by atoms with Gasteiger partial charge in [-0.15, -0.1) is 0 Å². The zero-order chi connectivity index (χ0) is 13.3. The third-order valence-corrected chi connectivity index (χ3v) is 3.38. The van der Waals surface area contributed by atoms with Gasteiger partial charge in [0.25, 0.3) is 0 Å². The van der Waals surface area contributed by atoms with Crippen LogP contribution in [0.1, 0.15) is 18.7 Å². The fourth-order valence-corrected chi connectivity index (χ4v) is 1.78. The van der Waals surface area contributed by atoms with Crippen molar-refractivity contribution >= 4 is 27.7 Å². The monoisotopic (exact) mass is 311 g/mol. The number of aryl methyl sites for hydroxylation is 2. The van der Waals surface area contributed by atoms with Gasteiger partial charge in [-0.3, -0.25) is 14.2 Å². The molecule has 0 radical (unpaired) electrons. The molecule has 7 heteroatoms. The molecule has 2 aromatic rings. The molecular formula is C11H14BrN5O. The van der Waals surface area contributed by atoms with Crippen LogP contribution >= 0.6 is 15.9 Å². The van der Waals surface area contributed by atoms with Crippen molar-refractivity contribution in [3.63, 3.8) is 0 Å². The molecule has 2 rings (SSSR count). The van der Waals surface area contributed by atoms with E-state index >= 15 is 0 Å². The maximum Gasteiger partial charge on any atom is 0.250 e. The van der Waals surface area contributed by atoms with Crippen molar-refractivity contribution in [1.82, 2.24) is 19.6 Å². The third kappa shape index (κ3) is 2.61. The molecule has 6 nitrogen and oxygen atoms in total. The van der Waals surface area contributed by atoms with Crippen molar-refractivity contribution in [2.24, 2.45) is 7.05 Å². The lowest BCUT2D eigenvalue weighted by atomic mass is 10.3. The Labute approximate surface area is 113 Å². The number of halogens is 1. The van der Waals surface area contributed by atoms with Crippen molar-refractivity contribution in [3.8, 4) is 0 Å². The van der Waals surface area contributed by atoms with Crippen LogP contribution in [0.15, 0.2) is 22.9 Å². The van der Waals surface area contributed by atoms with Crippen LogP contribution in [0.4, 0.5) is 5.82 Å². The van der Waals surface area contributed by atoms with Gasteiger partial charge < -0.3 is 5.32 Å². The first-order chi connectivity index (χ1) is 8.47. The number of nitrogens with zero attached hydrogens (tertiary/aromatic N) is 4. The maximum absolute atomic E-state index is 12.0. The summed E-state index contributed by atoms with van der Waals surface area (Å²) in [4.78, 5) is 12.0. The Balaban J connectivity index is 2.09. The highest BCUT2D eigenvalue weighted by Gasteiger charge is 2.17. The first-order valence-corrected chi connectivity index (χ1v) is 6.28. The minimum atomic E-state index is -0.392. The highest BCUT2D eigenvalue weighted by Crippen LogP contribution is 2.17. The van der Waals surface area contributed by atoms with Gasteiger partial charge in [-0.25, -0.2) is 0 Å². The fourth-order valence-electron chi connectivity index (χ4n) is 1.49. The number of hydrogen-bond donors (Lipinski definition) is 1. The van der Waals surface area contributed by atoms with E-state index in [2.05, 4.69) is 31.4 Å². The molecule has 0 aliphatic carbocycles. The molecule has 0 bridgehead atoms. The number of rotatable bonds is 3. The van der Waals surface area contributed by atoms with Gasteiger partial charge in [-0.05, 0) is 29.8 Å². The molecule has 96 valence electrons. The Morgan fingerprint density at radius 1 is 1.50 bits per heavy atom. The van der Waals surface area contributed by atoms with E-state index in [0.717, 1.165) is 10.2 Å². The van der Waals surface area contributed by atoms with Gasteiger partial charge in [0.15, 0.2) is 5.82 Å². The normalized spacial score (nSPS) is 12.4. The summed E-state index contributed by atoms with van der Waals surface area (Å²) in [5.74, 6) is 0.390. The Hall–Kier alpha value is -1.63. The summed E-state index contributed by atoms with van der Waals surface area (Å²) in [7, 11) is 1.80. The summed E-state index contributed by atoms with van der Waals surface area (Å²) < 4.78 is 4.15. The summed E-state index contributed by atoms with van der Waals surface area (Å²) in [6.45, 7) is 3.67. The van der Waals surface area contributed by atoms with Gasteiger partial charge in [0, 0.05) is 25.5 Å². The predicted octanol–water partition coefficient (Wildman–Crippen LogP) is 1.89. The highest BCUT2D eigenvalue weighted by atomic mass is 79.9. The van der Waals surface area contributed by atoms with Crippen LogP contribution in [0.25, 0.3) is 0 Å². The van der Waals surface area contributed by atoms with Gasteiger partial charge >= 0.3 is 0 Å². The second kappa shape index (κ2) is 4.93. The van der Waals surface area contributed by atoms with Gasteiger partial charge in [-0.1, -0.05) is 0 Å². The predicted molar refractivity (Wildman–Crippen MR) is 71.2 cm³/mol. The number of anilines is 1. The zero-order valence-electron chi connectivity index (χ0n) is 10.4. The fraction of sp³-hybridized carbons (Fsp3) is 0.364. The van der Waals surface area contributed by atoms with Crippen molar-refractivity contribution in [1.29, 1.82) is 0 Å². The second-order valence-electron chi connectivity index (χ2n) is 4.08. The second-order valence-corrected chi connectivity index (χ2v) is 4.94. The molecule has 2 aromatic heterocycles. The first-order valence-electron chi connectivity index (χ1n) is 5.49. The van der Waals surface area contributed by atoms with Crippen molar-refractivity contribution in [2.75, 3.05) is 5.32 Å². The minimum absolute atomic E-state index is 0.149. The van der Waals surface area contributed by atoms with Crippen LogP contribution in [-0.4, -0.2) is 25.5 Å². The zero-order valence-corrected chi connectivity index (χ0v) is 12.0. The van der Waals surface area contributed by atoms with E-state index in [4.69, 9.17) is 0 Å². The van der Waals surface area contributed by atoms with E-state index in [-0.39, 0.29) is 5.91 Å². The van der Waals surface area contributed by atoms with E-state index < -0.39 is 6.04 Å². The molecule has 0 spiro atoms. The molecule has 1 atom stereocenters. The van der Waals surface area contributed by atoms with Crippen molar-refractivity contribution < 1.29 is 4.79 Å². The summed E-state index contributed by atoms with van der Waals surface area (Å²) in [5.41, 5.74) is 0.854. The average Bonchev–Trinajstić information content (AvgIpc) is 2.85. The summed E-state index contributed by atoms with van der Waals surface area (Å²) in [5, 5.41) is 11.1. The Bertz CT molecular complexity index is 554. The lowest BCUT2D eigenvalue weighted by Crippen LogP contribution is -2.24. The number of nitrogens with one attached hydrogen (secondary N) is 1. The lowest BCUT2D eigenvalue weighted by Gasteiger charge is -2.11. The summed E-state index contributed by atoms with van der Waals surface area (Å²) >= 11 is 3.37. The standard InChI is InChI=1S/C11H14BrN5O/c1-7-9(12)6-17(14-7)8(2)11(18)13-10-4-5-16(3)15-10/h4-6,8H,1-3H3,(H,13,15,18). The lowest BCUT2D eigenvalue weighted by molar-refractivity contribution is -0.119. The maximum atomic E-state index is 12.0. The summed E-state index contributed by atoms with van der Waals surface area (Å²) in [6.07, 6.45) is 3.56. The number of amides is 1. The number of carbonyl (C=O) groups excluding carboxylic acids is 1. The first kappa shape index (κ1) is 12.8. The highest BCUT2D eigenvalue weighted by molar-refractivity contribution is 9.10. The summed E-state index contributed by atoms with van der Waals surface area (Å²) in [6, 6.07) is 1.35. The van der Waals surface area contributed by atoms with Gasteiger partial charge in [0.2, 0.25) is 5.91 Å². The molecule has 1 unspecified atom stereocenters. The van der Waals surface area contributed by atoms with E-state index in [1.807, 2.05) is 6.92 Å². The SMILES string of the molecule is Cc1nn(C(C)C(=O)Nc2ccn(C)n2)cc1Br. The van der Waals surface area contributed by atoms with Gasteiger partial charge in [0.1, 0.15) is 6.04 Å². The van der Waals surface area contributed by atoms with Crippen LogP contribution in [0, 0.1) is 6.92 Å². The van der Waals surface area contributed by atoms with Crippen LogP contribution in [-0.2, 0) is 11.8 Å². The largest absolute Gasteiger partial charge is 0.307 e. The third-order valence-electron chi connectivity index (χ3n) is 2.60. The van der Waals surface area contributed by atoms with E-state index in [1.165, 1.54) is 0 Å². The van der Waals surface area contributed by atoms with Crippen LogP contribution in [0.5, 0.6) is 0 Å².